The van der Waals surface area contributed by atoms with Crippen LogP contribution in [0.5, 0.6) is 0 Å². The van der Waals surface area contributed by atoms with Crippen LogP contribution in [0.1, 0.15) is 45.4 Å². The van der Waals surface area contributed by atoms with E-state index in [1.165, 1.54) is 0 Å². The maximum absolute atomic E-state index is 11.8. The van der Waals surface area contributed by atoms with E-state index in [2.05, 4.69) is 16.7 Å². The van der Waals surface area contributed by atoms with Crippen molar-refractivity contribution in [1.29, 1.82) is 0 Å². The highest BCUT2D eigenvalue weighted by atomic mass is 16.5. The molecule has 2 bridgehead atoms. The second kappa shape index (κ2) is 9.56. The molecule has 2 fully saturated rings. The van der Waals surface area contributed by atoms with Crippen molar-refractivity contribution < 1.29 is 24.2 Å². The number of carboxylic acids is 1. The molecule has 0 aromatic heterocycles. The topological polar surface area (TPSA) is 105 Å². The zero-order chi connectivity index (χ0) is 18.2. The van der Waals surface area contributed by atoms with Crippen LogP contribution in [-0.4, -0.2) is 48.2 Å². The summed E-state index contributed by atoms with van der Waals surface area (Å²) >= 11 is 0. The number of carbonyl (C=O) groups is 3. The van der Waals surface area contributed by atoms with Gasteiger partial charge in [0.05, 0.1) is 12.2 Å². The Morgan fingerprint density at radius 2 is 1.76 bits per heavy atom. The molecule has 2 aliphatic heterocycles. The van der Waals surface area contributed by atoms with Crippen LogP contribution in [0.3, 0.4) is 0 Å². The number of ether oxygens (including phenoxy) is 1. The average Bonchev–Trinajstić information content (AvgIpc) is 3.17. The second-order valence-corrected chi connectivity index (χ2v) is 6.68. The molecule has 2 aliphatic rings. The summed E-state index contributed by atoms with van der Waals surface area (Å²) in [6.45, 7) is 2.65. The summed E-state index contributed by atoms with van der Waals surface area (Å²) < 4.78 is 5.98. The summed E-state index contributed by atoms with van der Waals surface area (Å²) in [7, 11) is 0. The molecule has 0 aromatic carbocycles. The molecule has 0 aromatic rings. The average molecular weight is 352 g/mol. The van der Waals surface area contributed by atoms with Crippen LogP contribution in [0.25, 0.3) is 0 Å². The smallest absolute Gasteiger partial charge is 0.309 e. The highest BCUT2D eigenvalue weighted by molar-refractivity contribution is 6.35. The monoisotopic (exact) mass is 352 g/mol. The molecule has 25 heavy (non-hydrogen) atoms. The third kappa shape index (κ3) is 5.56. The van der Waals surface area contributed by atoms with Gasteiger partial charge in [0.25, 0.3) is 0 Å². The Morgan fingerprint density at radius 1 is 1.08 bits per heavy atom. The lowest BCUT2D eigenvalue weighted by molar-refractivity contribution is -0.139. The first-order valence-electron chi connectivity index (χ1n) is 9.11. The second-order valence-electron chi connectivity index (χ2n) is 6.68. The predicted octanol–water partition coefficient (Wildman–Crippen LogP) is 1.23. The molecular weight excluding hydrogens is 324 g/mol. The third-order valence-corrected chi connectivity index (χ3v) is 4.97. The lowest BCUT2D eigenvalue weighted by Crippen LogP contribution is -2.44. The van der Waals surface area contributed by atoms with Crippen molar-refractivity contribution in [2.75, 3.05) is 13.1 Å². The Morgan fingerprint density at radius 3 is 2.44 bits per heavy atom. The van der Waals surface area contributed by atoms with E-state index in [0.29, 0.717) is 25.4 Å². The SMILES string of the molecule is CCNC(=O)C(=O)NC[C@H]1[C@@H](C/C=C\CCCC(=O)O)[C@H]2CC[C@@H]1O2. The summed E-state index contributed by atoms with van der Waals surface area (Å²) in [4.78, 5) is 33.7. The minimum atomic E-state index is -0.766. The Bertz CT molecular complexity index is 520. The normalized spacial score (nSPS) is 27.6. The number of nitrogens with one attached hydrogen (secondary N) is 2. The number of fused-ring (bicyclic) bond motifs is 2. The highest BCUT2D eigenvalue weighted by Gasteiger charge is 2.48. The minimum Gasteiger partial charge on any atom is -0.481 e. The van der Waals surface area contributed by atoms with Gasteiger partial charge in [0.1, 0.15) is 0 Å². The summed E-state index contributed by atoms with van der Waals surface area (Å²) in [6.07, 6.45) is 9.00. The van der Waals surface area contributed by atoms with E-state index in [1.807, 2.05) is 6.08 Å². The maximum atomic E-state index is 11.8. The van der Waals surface area contributed by atoms with Gasteiger partial charge in [-0.25, -0.2) is 0 Å². The van der Waals surface area contributed by atoms with E-state index in [-0.39, 0.29) is 24.5 Å². The van der Waals surface area contributed by atoms with Crippen molar-refractivity contribution in [3.8, 4) is 0 Å². The van der Waals surface area contributed by atoms with Gasteiger partial charge in [-0.15, -0.1) is 0 Å². The highest BCUT2D eigenvalue weighted by Crippen LogP contribution is 2.44. The number of allylic oxidation sites excluding steroid dienone is 2. The number of carboxylic acid groups (broad SMARTS) is 1. The first kappa shape index (κ1) is 19.4. The molecular formula is C18H28N2O5. The van der Waals surface area contributed by atoms with Crippen LogP contribution in [0, 0.1) is 11.8 Å². The Kier molecular flexibility index (Phi) is 7.43. The molecule has 2 rings (SSSR count). The van der Waals surface area contributed by atoms with Crippen molar-refractivity contribution >= 4 is 17.8 Å². The van der Waals surface area contributed by atoms with Crippen molar-refractivity contribution in [3.05, 3.63) is 12.2 Å². The number of rotatable bonds is 9. The summed E-state index contributed by atoms with van der Waals surface area (Å²) in [5, 5.41) is 13.8. The van der Waals surface area contributed by atoms with Gasteiger partial charge >= 0.3 is 17.8 Å². The van der Waals surface area contributed by atoms with E-state index < -0.39 is 17.8 Å². The summed E-state index contributed by atoms with van der Waals surface area (Å²) in [5.41, 5.74) is 0. The molecule has 0 unspecified atom stereocenters. The van der Waals surface area contributed by atoms with E-state index in [0.717, 1.165) is 25.7 Å². The van der Waals surface area contributed by atoms with Gasteiger partial charge in [0.15, 0.2) is 0 Å². The fourth-order valence-electron chi connectivity index (χ4n) is 3.75. The number of likely N-dealkylation sites (N-methyl/N-ethyl adjacent to an activating group) is 1. The van der Waals surface area contributed by atoms with E-state index in [9.17, 15) is 14.4 Å². The predicted molar refractivity (Wildman–Crippen MR) is 91.8 cm³/mol. The molecule has 2 heterocycles. The fraction of sp³-hybridized carbons (Fsp3) is 0.722. The fourth-order valence-corrected chi connectivity index (χ4v) is 3.75. The summed E-state index contributed by atoms with van der Waals surface area (Å²) in [5.74, 6) is -1.39. The van der Waals surface area contributed by atoms with Crippen LogP contribution in [0.15, 0.2) is 12.2 Å². The van der Waals surface area contributed by atoms with Crippen molar-refractivity contribution in [1.82, 2.24) is 10.6 Å². The Hall–Kier alpha value is -1.89. The number of aliphatic carboxylic acids is 1. The molecule has 0 spiro atoms. The summed E-state index contributed by atoms with van der Waals surface area (Å²) in [6, 6.07) is 0. The zero-order valence-electron chi connectivity index (χ0n) is 14.7. The first-order chi connectivity index (χ1) is 12.0. The van der Waals surface area contributed by atoms with Crippen LogP contribution >= 0.6 is 0 Å². The molecule has 4 atom stereocenters. The molecule has 2 amide bonds. The lowest BCUT2D eigenvalue weighted by atomic mass is 9.77. The lowest BCUT2D eigenvalue weighted by Gasteiger charge is -2.27. The maximum Gasteiger partial charge on any atom is 0.309 e. The number of hydrogen-bond acceptors (Lipinski definition) is 4. The van der Waals surface area contributed by atoms with Crippen LogP contribution in [0.2, 0.25) is 0 Å². The molecule has 3 N–H and O–H groups in total. The van der Waals surface area contributed by atoms with Crippen LogP contribution in [0.4, 0.5) is 0 Å². The number of hydrogen-bond donors (Lipinski definition) is 3. The standard InChI is InChI=1S/C18H28N2O5/c1-2-19-17(23)18(24)20-11-13-12(14-9-10-15(13)25-14)7-5-3-4-6-8-16(21)22/h3,5,12-15H,2,4,6-11H2,1H3,(H,19,23)(H,20,24)(H,21,22)/b5-3-/t12-,13+,14-,15+/m1/s1. The van der Waals surface area contributed by atoms with Gasteiger partial charge in [-0.3, -0.25) is 14.4 Å². The largest absolute Gasteiger partial charge is 0.481 e. The number of amides is 2. The zero-order valence-corrected chi connectivity index (χ0v) is 14.7. The van der Waals surface area contributed by atoms with Gasteiger partial charge in [0, 0.05) is 25.4 Å². The van der Waals surface area contributed by atoms with Crippen LogP contribution in [-0.2, 0) is 19.1 Å². The van der Waals surface area contributed by atoms with Gasteiger partial charge in [-0.2, -0.15) is 0 Å². The third-order valence-electron chi connectivity index (χ3n) is 4.97. The van der Waals surface area contributed by atoms with E-state index >= 15 is 0 Å². The van der Waals surface area contributed by atoms with Gasteiger partial charge in [0.2, 0.25) is 0 Å². The molecule has 2 saturated heterocycles. The quantitative estimate of drug-likeness (QED) is 0.329. The molecule has 7 heteroatoms. The van der Waals surface area contributed by atoms with Gasteiger partial charge in [-0.1, -0.05) is 12.2 Å². The van der Waals surface area contributed by atoms with Crippen LogP contribution < -0.4 is 10.6 Å². The van der Waals surface area contributed by atoms with E-state index in [4.69, 9.17) is 9.84 Å². The van der Waals surface area contributed by atoms with Gasteiger partial charge in [-0.05, 0) is 44.9 Å². The molecule has 7 nitrogen and oxygen atoms in total. The molecule has 0 radical (unpaired) electrons. The minimum absolute atomic E-state index is 0.157. The van der Waals surface area contributed by atoms with Crippen molar-refractivity contribution in [3.63, 3.8) is 0 Å². The van der Waals surface area contributed by atoms with Crippen molar-refractivity contribution in [2.24, 2.45) is 11.8 Å². The Balaban J connectivity index is 1.78. The molecule has 140 valence electrons. The molecule has 0 aliphatic carbocycles. The molecule has 0 saturated carbocycles. The number of unbranched alkanes of at least 4 members (excludes halogenated alkanes) is 1. The van der Waals surface area contributed by atoms with Gasteiger partial charge < -0.3 is 20.5 Å². The van der Waals surface area contributed by atoms with E-state index in [1.54, 1.807) is 6.92 Å². The first-order valence-corrected chi connectivity index (χ1v) is 9.11. The number of carbonyl (C=O) groups excluding carboxylic acids is 2. The Labute approximate surface area is 148 Å². The van der Waals surface area contributed by atoms with Crippen molar-refractivity contribution in [2.45, 2.75) is 57.7 Å².